The number of ether oxygens (including phenoxy) is 1. The third-order valence-corrected chi connectivity index (χ3v) is 2.45. The Hall–Kier alpha value is -1.94. The predicted octanol–water partition coefficient (Wildman–Crippen LogP) is 3.48. The molecule has 4 heteroatoms. The lowest BCUT2D eigenvalue weighted by Crippen LogP contribution is -2.06. The van der Waals surface area contributed by atoms with Crippen LogP contribution in [0.1, 0.15) is 5.56 Å². The maximum absolute atomic E-state index is 13.5. The number of halogens is 2. The lowest BCUT2D eigenvalue weighted by atomic mass is 10.2. The number of para-hydroxylation sites is 1. The van der Waals surface area contributed by atoms with Gasteiger partial charge in [0.1, 0.15) is 11.6 Å². The monoisotopic (exact) mass is 249 g/mol. The molecule has 0 saturated heterocycles. The minimum Gasteiger partial charge on any atom is -0.454 e. The summed E-state index contributed by atoms with van der Waals surface area (Å²) >= 11 is 0. The minimum atomic E-state index is -0.587. The largest absolute Gasteiger partial charge is 0.454 e. The smallest absolute Gasteiger partial charge is 0.165 e. The van der Waals surface area contributed by atoms with E-state index in [4.69, 9.17) is 4.74 Å². The summed E-state index contributed by atoms with van der Waals surface area (Å²) in [6.07, 6.45) is 0. The second-order valence-electron chi connectivity index (χ2n) is 3.81. The van der Waals surface area contributed by atoms with Crippen LogP contribution in [0, 0.1) is 11.6 Å². The fourth-order valence-electron chi connectivity index (χ4n) is 1.61. The van der Waals surface area contributed by atoms with Gasteiger partial charge in [0, 0.05) is 18.2 Å². The average Bonchev–Trinajstić information content (AvgIpc) is 2.36. The molecule has 2 rings (SSSR count). The van der Waals surface area contributed by atoms with Crippen molar-refractivity contribution in [2.24, 2.45) is 0 Å². The zero-order valence-corrected chi connectivity index (χ0v) is 9.91. The van der Waals surface area contributed by atoms with Gasteiger partial charge in [0.15, 0.2) is 11.6 Å². The minimum absolute atomic E-state index is 0.112. The van der Waals surface area contributed by atoms with E-state index in [2.05, 4.69) is 5.32 Å². The van der Waals surface area contributed by atoms with Crippen molar-refractivity contribution >= 4 is 0 Å². The van der Waals surface area contributed by atoms with Gasteiger partial charge in [0.25, 0.3) is 0 Å². The molecule has 0 spiro atoms. The maximum atomic E-state index is 13.5. The van der Waals surface area contributed by atoms with E-state index in [9.17, 15) is 8.78 Å². The molecule has 0 aromatic heterocycles. The lowest BCUT2D eigenvalue weighted by Gasteiger charge is -2.11. The molecular weight excluding hydrogens is 236 g/mol. The van der Waals surface area contributed by atoms with E-state index in [1.807, 2.05) is 12.1 Å². The Kier molecular flexibility index (Phi) is 3.89. The van der Waals surface area contributed by atoms with E-state index >= 15 is 0 Å². The van der Waals surface area contributed by atoms with Crippen molar-refractivity contribution in [1.82, 2.24) is 5.32 Å². The topological polar surface area (TPSA) is 21.3 Å². The van der Waals surface area contributed by atoms with E-state index in [1.54, 1.807) is 19.2 Å². The molecule has 0 radical (unpaired) electrons. The van der Waals surface area contributed by atoms with Gasteiger partial charge in [-0.15, -0.1) is 0 Å². The molecule has 0 amide bonds. The molecule has 1 N–H and O–H groups in total. The molecule has 2 aromatic rings. The van der Waals surface area contributed by atoms with Crippen LogP contribution < -0.4 is 10.1 Å². The second kappa shape index (κ2) is 5.60. The second-order valence-corrected chi connectivity index (χ2v) is 3.81. The fourth-order valence-corrected chi connectivity index (χ4v) is 1.61. The molecular formula is C14H13F2NO. The van der Waals surface area contributed by atoms with Crippen LogP contribution in [0.3, 0.4) is 0 Å². The highest BCUT2D eigenvalue weighted by Crippen LogP contribution is 2.27. The van der Waals surface area contributed by atoms with Gasteiger partial charge >= 0.3 is 0 Å². The zero-order valence-electron chi connectivity index (χ0n) is 9.91. The highest BCUT2D eigenvalue weighted by Gasteiger charge is 2.08. The van der Waals surface area contributed by atoms with E-state index in [-0.39, 0.29) is 5.75 Å². The number of hydrogen-bond donors (Lipinski definition) is 1. The molecule has 2 nitrogen and oxygen atoms in total. The first kappa shape index (κ1) is 12.5. The van der Waals surface area contributed by atoms with E-state index in [0.29, 0.717) is 12.3 Å². The Balaban J connectivity index is 2.30. The van der Waals surface area contributed by atoms with Gasteiger partial charge in [-0.25, -0.2) is 8.78 Å². The highest BCUT2D eigenvalue weighted by atomic mass is 19.1. The van der Waals surface area contributed by atoms with Crippen LogP contribution in [0.5, 0.6) is 11.5 Å². The number of rotatable bonds is 4. The maximum Gasteiger partial charge on any atom is 0.165 e. The van der Waals surface area contributed by atoms with E-state index in [0.717, 1.165) is 23.8 Å². The normalized spacial score (nSPS) is 10.4. The number of benzene rings is 2. The highest BCUT2D eigenvalue weighted by molar-refractivity contribution is 5.38. The first-order chi connectivity index (χ1) is 8.70. The molecule has 0 fully saturated rings. The zero-order chi connectivity index (χ0) is 13.0. The van der Waals surface area contributed by atoms with Crippen molar-refractivity contribution in [3.05, 3.63) is 59.7 Å². The Bertz CT molecular complexity index is 543. The number of hydrogen-bond acceptors (Lipinski definition) is 2. The Morgan fingerprint density at radius 2 is 1.83 bits per heavy atom. The molecule has 0 unspecified atom stereocenters. The SMILES string of the molecule is CNCc1ccccc1Oc1cc(F)ccc1F. The van der Waals surface area contributed by atoms with Crippen molar-refractivity contribution in [2.75, 3.05) is 7.05 Å². The standard InChI is InChI=1S/C14H13F2NO/c1-17-9-10-4-2-3-5-13(10)18-14-8-11(15)6-7-12(14)16/h2-8,17H,9H2,1H3. The van der Waals surface area contributed by atoms with Crippen LogP contribution in [0.4, 0.5) is 8.78 Å². The molecule has 0 atom stereocenters. The molecule has 2 aromatic carbocycles. The van der Waals surface area contributed by atoms with Crippen molar-refractivity contribution in [3.8, 4) is 11.5 Å². The van der Waals surface area contributed by atoms with Gasteiger partial charge in [-0.1, -0.05) is 18.2 Å². The van der Waals surface area contributed by atoms with Gasteiger partial charge in [-0.3, -0.25) is 0 Å². The Morgan fingerprint density at radius 1 is 1.06 bits per heavy atom. The van der Waals surface area contributed by atoms with Gasteiger partial charge in [0.2, 0.25) is 0 Å². The van der Waals surface area contributed by atoms with E-state index in [1.165, 1.54) is 0 Å². The summed E-state index contributed by atoms with van der Waals surface area (Å²) in [6.45, 7) is 0.590. The van der Waals surface area contributed by atoms with Crippen LogP contribution in [-0.4, -0.2) is 7.05 Å². The quantitative estimate of drug-likeness (QED) is 0.895. The Labute approximate surface area is 104 Å². The van der Waals surface area contributed by atoms with Gasteiger partial charge in [-0.05, 0) is 25.2 Å². The molecule has 18 heavy (non-hydrogen) atoms. The van der Waals surface area contributed by atoms with Gasteiger partial charge in [-0.2, -0.15) is 0 Å². The van der Waals surface area contributed by atoms with Crippen LogP contribution in [-0.2, 0) is 6.54 Å². The van der Waals surface area contributed by atoms with Crippen LogP contribution in [0.15, 0.2) is 42.5 Å². The van der Waals surface area contributed by atoms with E-state index < -0.39 is 11.6 Å². The predicted molar refractivity (Wildman–Crippen MR) is 65.6 cm³/mol. The lowest BCUT2D eigenvalue weighted by molar-refractivity contribution is 0.431. The molecule has 94 valence electrons. The summed E-state index contributed by atoms with van der Waals surface area (Å²) in [7, 11) is 1.81. The summed E-state index contributed by atoms with van der Waals surface area (Å²) in [4.78, 5) is 0. The van der Waals surface area contributed by atoms with Crippen LogP contribution in [0.25, 0.3) is 0 Å². The van der Waals surface area contributed by atoms with Crippen LogP contribution >= 0.6 is 0 Å². The van der Waals surface area contributed by atoms with Gasteiger partial charge < -0.3 is 10.1 Å². The average molecular weight is 249 g/mol. The summed E-state index contributed by atoms with van der Waals surface area (Å²) in [5, 5.41) is 2.99. The third kappa shape index (κ3) is 2.84. The van der Waals surface area contributed by atoms with Crippen molar-refractivity contribution < 1.29 is 13.5 Å². The molecule has 0 aliphatic heterocycles. The summed E-state index contributed by atoms with van der Waals surface area (Å²) in [5.74, 6) is -0.719. The molecule has 0 aliphatic rings. The van der Waals surface area contributed by atoms with Crippen molar-refractivity contribution in [1.29, 1.82) is 0 Å². The van der Waals surface area contributed by atoms with Gasteiger partial charge in [0.05, 0.1) is 0 Å². The molecule has 0 aliphatic carbocycles. The first-order valence-corrected chi connectivity index (χ1v) is 5.56. The number of nitrogens with one attached hydrogen (secondary N) is 1. The molecule has 0 bridgehead atoms. The third-order valence-electron chi connectivity index (χ3n) is 2.45. The van der Waals surface area contributed by atoms with Crippen LogP contribution in [0.2, 0.25) is 0 Å². The summed E-state index contributed by atoms with van der Waals surface area (Å²) < 4.78 is 31.9. The van der Waals surface area contributed by atoms with Crippen molar-refractivity contribution in [2.45, 2.75) is 6.54 Å². The van der Waals surface area contributed by atoms with Crippen molar-refractivity contribution in [3.63, 3.8) is 0 Å². The molecule has 0 heterocycles. The molecule has 0 saturated carbocycles. The Morgan fingerprint density at radius 3 is 2.61 bits per heavy atom. The first-order valence-electron chi connectivity index (χ1n) is 5.56. The fraction of sp³-hybridized carbons (Fsp3) is 0.143. The summed E-state index contributed by atoms with van der Waals surface area (Å²) in [6, 6.07) is 10.4. The summed E-state index contributed by atoms with van der Waals surface area (Å²) in [5.41, 5.74) is 0.878.